The Hall–Kier alpha value is -1.92. The van der Waals surface area contributed by atoms with Crippen LogP contribution in [0.3, 0.4) is 0 Å². The Bertz CT molecular complexity index is 859. The Morgan fingerprint density at radius 3 is 2.68 bits per heavy atom. The molecule has 0 spiro atoms. The quantitative estimate of drug-likeness (QED) is 0.500. The number of nitrogens with zero attached hydrogens (tertiary/aromatic N) is 3. The van der Waals surface area contributed by atoms with Crippen molar-refractivity contribution >= 4 is 39.2 Å². The molecule has 4 rings (SSSR count). The maximum Gasteiger partial charge on any atom is 0.240 e. The minimum atomic E-state index is -0.266. The number of piperidine rings is 1. The fraction of sp³-hybridized carbons (Fsp3) is 0.316. The lowest BCUT2D eigenvalue weighted by Gasteiger charge is -2.30. The van der Waals surface area contributed by atoms with Crippen LogP contribution in [0, 0.1) is 0 Å². The molecule has 1 fully saturated rings. The van der Waals surface area contributed by atoms with Gasteiger partial charge in [-0.15, -0.1) is 11.3 Å². The molecule has 3 aromatic rings. The molecule has 0 radical (unpaired) electrons. The summed E-state index contributed by atoms with van der Waals surface area (Å²) < 4.78 is 0. The Balaban J connectivity index is 1.68. The minimum Gasteiger partial charge on any atom is -0.341 e. The van der Waals surface area contributed by atoms with Crippen molar-refractivity contribution in [3.63, 3.8) is 0 Å². The summed E-state index contributed by atoms with van der Waals surface area (Å²) in [7, 11) is 0. The van der Waals surface area contributed by atoms with E-state index in [9.17, 15) is 4.79 Å². The molecular formula is C19H19N3OS2. The maximum absolute atomic E-state index is 13.2. The number of hydrogen-bond acceptors (Lipinski definition) is 5. The van der Waals surface area contributed by atoms with Gasteiger partial charge in [0.15, 0.2) is 0 Å². The monoisotopic (exact) mass is 369 g/mol. The van der Waals surface area contributed by atoms with Crippen molar-refractivity contribution < 1.29 is 4.79 Å². The van der Waals surface area contributed by atoms with Gasteiger partial charge in [0, 0.05) is 18.5 Å². The van der Waals surface area contributed by atoms with Crippen LogP contribution in [0.15, 0.2) is 53.1 Å². The lowest BCUT2D eigenvalue weighted by molar-refractivity contribution is -0.131. The molecular weight excluding hydrogens is 350 g/mol. The number of hydrogen-bond donors (Lipinski definition) is 0. The Kier molecular flexibility index (Phi) is 4.99. The van der Waals surface area contributed by atoms with Gasteiger partial charge >= 0.3 is 0 Å². The first-order valence-corrected chi connectivity index (χ1v) is 10.3. The summed E-state index contributed by atoms with van der Waals surface area (Å²) in [6, 6.07) is 12.1. The van der Waals surface area contributed by atoms with Crippen LogP contribution in [0.25, 0.3) is 10.2 Å². The van der Waals surface area contributed by atoms with E-state index in [0.29, 0.717) is 0 Å². The van der Waals surface area contributed by atoms with Gasteiger partial charge < -0.3 is 4.90 Å². The molecule has 1 atom stereocenters. The van der Waals surface area contributed by atoms with E-state index in [1.54, 1.807) is 29.4 Å². The van der Waals surface area contributed by atoms with Gasteiger partial charge in [-0.2, -0.15) is 0 Å². The maximum atomic E-state index is 13.2. The summed E-state index contributed by atoms with van der Waals surface area (Å²) in [5, 5.41) is 3.67. The molecule has 0 saturated carbocycles. The van der Waals surface area contributed by atoms with Crippen LogP contribution in [0.5, 0.6) is 0 Å². The van der Waals surface area contributed by atoms with E-state index < -0.39 is 0 Å². The van der Waals surface area contributed by atoms with Gasteiger partial charge in [0.25, 0.3) is 0 Å². The number of likely N-dealkylation sites (tertiary alicyclic amines) is 1. The Morgan fingerprint density at radius 1 is 1.08 bits per heavy atom. The number of amides is 1. The van der Waals surface area contributed by atoms with Crippen LogP contribution >= 0.6 is 23.1 Å². The summed E-state index contributed by atoms with van der Waals surface area (Å²) in [6.07, 6.45) is 5.00. The number of carbonyl (C=O) groups excluding carboxylic acids is 1. The summed E-state index contributed by atoms with van der Waals surface area (Å²) in [6.45, 7) is 1.72. The van der Waals surface area contributed by atoms with Gasteiger partial charge in [-0.25, -0.2) is 9.97 Å². The number of benzene rings is 1. The van der Waals surface area contributed by atoms with Crippen LogP contribution in [0.2, 0.25) is 0 Å². The predicted octanol–water partition coefficient (Wildman–Crippen LogP) is 4.54. The molecule has 0 aliphatic carbocycles. The molecule has 1 aromatic carbocycles. The molecule has 128 valence electrons. The van der Waals surface area contributed by atoms with Crippen LogP contribution in [0.4, 0.5) is 0 Å². The van der Waals surface area contributed by atoms with Crippen molar-refractivity contribution in [2.45, 2.75) is 29.5 Å². The zero-order valence-electron chi connectivity index (χ0n) is 13.8. The molecule has 1 unspecified atom stereocenters. The van der Waals surface area contributed by atoms with Crippen molar-refractivity contribution in [2.24, 2.45) is 0 Å². The summed E-state index contributed by atoms with van der Waals surface area (Å²) >= 11 is 3.14. The Morgan fingerprint density at radius 2 is 1.88 bits per heavy atom. The van der Waals surface area contributed by atoms with Gasteiger partial charge in [-0.3, -0.25) is 4.79 Å². The van der Waals surface area contributed by atoms with Gasteiger partial charge in [0.1, 0.15) is 21.4 Å². The molecule has 25 heavy (non-hydrogen) atoms. The van der Waals surface area contributed by atoms with Crippen molar-refractivity contribution in [2.75, 3.05) is 13.1 Å². The van der Waals surface area contributed by atoms with E-state index in [1.165, 1.54) is 6.42 Å². The van der Waals surface area contributed by atoms with Crippen LogP contribution in [-0.4, -0.2) is 33.9 Å². The zero-order valence-corrected chi connectivity index (χ0v) is 15.4. The van der Waals surface area contributed by atoms with Gasteiger partial charge in [0.2, 0.25) is 5.91 Å². The van der Waals surface area contributed by atoms with Crippen LogP contribution in [0.1, 0.15) is 30.1 Å². The van der Waals surface area contributed by atoms with E-state index in [4.69, 9.17) is 0 Å². The topological polar surface area (TPSA) is 46.1 Å². The van der Waals surface area contributed by atoms with E-state index in [-0.39, 0.29) is 11.2 Å². The molecule has 6 heteroatoms. The predicted molar refractivity (Wildman–Crippen MR) is 103 cm³/mol. The van der Waals surface area contributed by atoms with Gasteiger partial charge in [0.05, 0.1) is 0 Å². The third kappa shape index (κ3) is 3.55. The van der Waals surface area contributed by atoms with E-state index in [1.807, 2.05) is 46.7 Å². The first-order chi connectivity index (χ1) is 12.3. The number of thiophene rings is 1. The molecule has 1 aliphatic heterocycles. The fourth-order valence-corrected chi connectivity index (χ4v) is 5.11. The second kappa shape index (κ2) is 7.54. The second-order valence-electron chi connectivity index (χ2n) is 6.11. The Labute approximate surface area is 155 Å². The molecule has 4 nitrogen and oxygen atoms in total. The van der Waals surface area contributed by atoms with Crippen molar-refractivity contribution in [1.29, 1.82) is 0 Å². The fourth-order valence-electron chi connectivity index (χ4n) is 3.14. The number of fused-ring (bicyclic) bond motifs is 1. The standard InChI is InChI=1S/C19H19N3OS2/c23-19(22-10-5-2-6-11-22)16(14-7-3-1-4-8-14)25-18-15-9-12-24-17(15)20-13-21-18/h1,3-4,7-9,12-13,16H,2,5-6,10-11H2. The highest BCUT2D eigenvalue weighted by atomic mass is 32.2. The molecule has 0 N–H and O–H groups in total. The van der Waals surface area contributed by atoms with E-state index in [2.05, 4.69) is 9.97 Å². The second-order valence-corrected chi connectivity index (χ2v) is 8.10. The SMILES string of the molecule is O=C(C(Sc1ncnc2sccc12)c1ccccc1)N1CCCCC1. The zero-order chi connectivity index (χ0) is 17.1. The summed E-state index contributed by atoms with van der Waals surface area (Å²) in [5.41, 5.74) is 1.03. The minimum absolute atomic E-state index is 0.192. The van der Waals surface area contributed by atoms with Crippen molar-refractivity contribution in [1.82, 2.24) is 14.9 Å². The molecule has 1 saturated heterocycles. The lowest BCUT2D eigenvalue weighted by Crippen LogP contribution is -2.38. The lowest BCUT2D eigenvalue weighted by atomic mass is 10.1. The first-order valence-electron chi connectivity index (χ1n) is 8.51. The van der Waals surface area contributed by atoms with Gasteiger partial charge in [-0.05, 0) is 36.3 Å². The number of thioether (sulfide) groups is 1. The summed E-state index contributed by atoms with van der Waals surface area (Å²) in [5.74, 6) is 0.192. The van der Waals surface area contributed by atoms with E-state index in [0.717, 1.165) is 46.7 Å². The molecule has 2 aromatic heterocycles. The molecule has 1 aliphatic rings. The molecule has 3 heterocycles. The highest BCUT2D eigenvalue weighted by Crippen LogP contribution is 2.39. The first kappa shape index (κ1) is 16.5. The number of carbonyl (C=O) groups is 1. The van der Waals surface area contributed by atoms with Crippen molar-refractivity contribution in [3.05, 3.63) is 53.7 Å². The average Bonchev–Trinajstić information content (AvgIpc) is 3.16. The molecule has 0 bridgehead atoms. The smallest absolute Gasteiger partial charge is 0.240 e. The average molecular weight is 370 g/mol. The highest BCUT2D eigenvalue weighted by Gasteiger charge is 2.29. The van der Waals surface area contributed by atoms with Crippen molar-refractivity contribution in [3.8, 4) is 0 Å². The van der Waals surface area contributed by atoms with E-state index >= 15 is 0 Å². The third-order valence-corrected chi connectivity index (χ3v) is 6.53. The van der Waals surface area contributed by atoms with Crippen LogP contribution < -0.4 is 0 Å². The largest absolute Gasteiger partial charge is 0.341 e. The molecule has 1 amide bonds. The van der Waals surface area contributed by atoms with Crippen LogP contribution in [-0.2, 0) is 4.79 Å². The third-order valence-electron chi connectivity index (χ3n) is 4.45. The number of aromatic nitrogens is 2. The summed E-state index contributed by atoms with van der Waals surface area (Å²) in [4.78, 5) is 25.0. The van der Waals surface area contributed by atoms with Gasteiger partial charge in [-0.1, -0.05) is 42.1 Å². The highest BCUT2D eigenvalue weighted by molar-refractivity contribution is 8.00. The normalized spacial score (nSPS) is 16.1. The number of rotatable bonds is 4.